The van der Waals surface area contributed by atoms with Crippen molar-refractivity contribution < 1.29 is 4.79 Å². The van der Waals surface area contributed by atoms with Crippen LogP contribution in [0.25, 0.3) is 11.1 Å². The third-order valence-corrected chi connectivity index (χ3v) is 4.78. The average Bonchev–Trinajstić information content (AvgIpc) is 2.68. The lowest BCUT2D eigenvalue weighted by atomic mass is 10.0. The lowest BCUT2D eigenvalue weighted by molar-refractivity contribution is -0.121. The van der Waals surface area contributed by atoms with Crippen LogP contribution in [0.2, 0.25) is 0 Å². The van der Waals surface area contributed by atoms with Crippen LogP contribution in [-0.4, -0.2) is 12.5 Å². The first kappa shape index (κ1) is 20.2. The highest BCUT2D eigenvalue weighted by molar-refractivity contribution is 5.75. The Morgan fingerprint density at radius 3 is 2.15 bits per heavy atom. The molecule has 2 rings (SSSR count). The maximum Gasteiger partial charge on any atom is 0.219 e. The first-order valence-corrected chi connectivity index (χ1v) is 10.2. The molecule has 0 aliphatic carbocycles. The van der Waals surface area contributed by atoms with Crippen LogP contribution >= 0.6 is 0 Å². The van der Waals surface area contributed by atoms with E-state index in [1.54, 1.807) is 0 Å². The molecule has 1 N–H and O–H groups in total. The van der Waals surface area contributed by atoms with Crippen LogP contribution < -0.4 is 5.32 Å². The van der Waals surface area contributed by atoms with E-state index in [0.29, 0.717) is 6.42 Å². The monoisotopic (exact) mass is 351 g/mol. The van der Waals surface area contributed by atoms with E-state index in [9.17, 15) is 4.79 Å². The SMILES string of the molecule is CCCCNC(=O)CCCCCCCc1ccc(-c2ccccc2)cc1. The minimum Gasteiger partial charge on any atom is -0.356 e. The zero-order valence-electron chi connectivity index (χ0n) is 16.2. The van der Waals surface area contributed by atoms with Gasteiger partial charge in [0, 0.05) is 13.0 Å². The molecule has 0 heterocycles. The van der Waals surface area contributed by atoms with E-state index in [4.69, 9.17) is 0 Å². The van der Waals surface area contributed by atoms with Crippen LogP contribution in [0.3, 0.4) is 0 Å². The number of hydrogen-bond donors (Lipinski definition) is 1. The molecule has 2 nitrogen and oxygen atoms in total. The van der Waals surface area contributed by atoms with Gasteiger partial charge in [-0.2, -0.15) is 0 Å². The molecule has 0 spiro atoms. The number of carbonyl (C=O) groups excluding carboxylic acids is 1. The third kappa shape index (κ3) is 7.86. The number of unbranched alkanes of at least 4 members (excludes halogenated alkanes) is 5. The summed E-state index contributed by atoms with van der Waals surface area (Å²) in [6.45, 7) is 2.97. The van der Waals surface area contributed by atoms with E-state index in [0.717, 1.165) is 38.6 Å². The molecule has 2 heteroatoms. The number of nitrogens with one attached hydrogen (secondary N) is 1. The Kier molecular flexibility index (Phi) is 9.56. The molecular weight excluding hydrogens is 318 g/mol. The molecular formula is C24H33NO. The molecule has 0 radical (unpaired) electrons. The number of carbonyl (C=O) groups is 1. The minimum atomic E-state index is 0.219. The molecule has 0 aliphatic rings. The summed E-state index contributed by atoms with van der Waals surface area (Å²) in [6, 6.07) is 19.5. The highest BCUT2D eigenvalue weighted by Gasteiger charge is 2.01. The van der Waals surface area contributed by atoms with Gasteiger partial charge >= 0.3 is 0 Å². The second kappa shape index (κ2) is 12.3. The number of aryl methyl sites for hydroxylation is 1. The van der Waals surface area contributed by atoms with Gasteiger partial charge in [0.1, 0.15) is 0 Å². The quantitative estimate of drug-likeness (QED) is 0.456. The summed E-state index contributed by atoms with van der Waals surface area (Å²) in [6.07, 6.45) is 9.93. The summed E-state index contributed by atoms with van der Waals surface area (Å²) in [4.78, 5) is 11.6. The molecule has 140 valence electrons. The van der Waals surface area contributed by atoms with Gasteiger partial charge in [0.25, 0.3) is 0 Å². The standard InChI is InChI=1S/C24H33NO/c1-2-3-20-25-24(26)15-11-6-4-5-8-12-21-16-18-23(19-17-21)22-13-9-7-10-14-22/h7,9-10,13-14,16-19H,2-6,8,11-12,15,20H2,1H3,(H,25,26). The largest absolute Gasteiger partial charge is 0.356 e. The van der Waals surface area contributed by atoms with E-state index in [-0.39, 0.29) is 5.91 Å². The van der Waals surface area contributed by atoms with E-state index < -0.39 is 0 Å². The molecule has 0 unspecified atom stereocenters. The van der Waals surface area contributed by atoms with Gasteiger partial charge < -0.3 is 5.32 Å². The van der Waals surface area contributed by atoms with Crippen molar-refractivity contribution in [1.82, 2.24) is 5.32 Å². The summed E-state index contributed by atoms with van der Waals surface area (Å²) in [5.41, 5.74) is 3.98. The van der Waals surface area contributed by atoms with E-state index in [1.807, 2.05) is 0 Å². The topological polar surface area (TPSA) is 29.1 Å². The predicted molar refractivity (Wildman–Crippen MR) is 111 cm³/mol. The van der Waals surface area contributed by atoms with Gasteiger partial charge in [0.2, 0.25) is 5.91 Å². The highest BCUT2D eigenvalue weighted by Crippen LogP contribution is 2.20. The Morgan fingerprint density at radius 2 is 1.42 bits per heavy atom. The van der Waals surface area contributed by atoms with Crippen LogP contribution in [0.5, 0.6) is 0 Å². The zero-order valence-corrected chi connectivity index (χ0v) is 16.2. The molecule has 26 heavy (non-hydrogen) atoms. The minimum absolute atomic E-state index is 0.219. The third-order valence-electron chi connectivity index (χ3n) is 4.78. The highest BCUT2D eigenvalue weighted by atomic mass is 16.1. The molecule has 0 saturated carbocycles. The van der Waals surface area contributed by atoms with E-state index >= 15 is 0 Å². The summed E-state index contributed by atoms with van der Waals surface area (Å²) >= 11 is 0. The summed E-state index contributed by atoms with van der Waals surface area (Å²) in [7, 11) is 0. The Labute approximate surface area is 159 Å². The van der Waals surface area contributed by atoms with Gasteiger partial charge in [-0.25, -0.2) is 0 Å². The molecule has 0 aliphatic heterocycles. The van der Waals surface area contributed by atoms with Crippen LogP contribution in [0.1, 0.15) is 63.9 Å². The van der Waals surface area contributed by atoms with Crippen LogP contribution in [0, 0.1) is 0 Å². The van der Waals surface area contributed by atoms with Crippen molar-refractivity contribution in [2.24, 2.45) is 0 Å². The first-order chi connectivity index (χ1) is 12.8. The van der Waals surface area contributed by atoms with Gasteiger partial charge in [-0.3, -0.25) is 4.79 Å². The van der Waals surface area contributed by atoms with E-state index in [1.165, 1.54) is 36.0 Å². The van der Waals surface area contributed by atoms with Crippen LogP contribution in [0.4, 0.5) is 0 Å². The Morgan fingerprint density at radius 1 is 0.769 bits per heavy atom. The zero-order chi connectivity index (χ0) is 18.5. The summed E-state index contributed by atoms with van der Waals surface area (Å²) in [5, 5.41) is 2.98. The molecule has 0 atom stereocenters. The van der Waals surface area contributed by atoms with Gasteiger partial charge in [-0.05, 0) is 42.4 Å². The fourth-order valence-electron chi connectivity index (χ4n) is 3.13. The molecule has 0 aromatic heterocycles. The Hall–Kier alpha value is -2.09. The van der Waals surface area contributed by atoms with Crippen LogP contribution in [0.15, 0.2) is 54.6 Å². The second-order valence-electron chi connectivity index (χ2n) is 7.03. The van der Waals surface area contributed by atoms with Gasteiger partial charge in [0.15, 0.2) is 0 Å². The lowest BCUT2D eigenvalue weighted by Crippen LogP contribution is -2.23. The maximum atomic E-state index is 11.6. The van der Waals surface area contributed by atoms with Crippen molar-refractivity contribution in [3.8, 4) is 11.1 Å². The van der Waals surface area contributed by atoms with Gasteiger partial charge in [0.05, 0.1) is 0 Å². The Bertz CT molecular complexity index is 618. The van der Waals surface area contributed by atoms with Crippen molar-refractivity contribution in [1.29, 1.82) is 0 Å². The van der Waals surface area contributed by atoms with Crippen molar-refractivity contribution in [2.45, 2.75) is 64.7 Å². The number of hydrogen-bond acceptors (Lipinski definition) is 1. The Balaban J connectivity index is 1.54. The first-order valence-electron chi connectivity index (χ1n) is 10.2. The number of rotatable bonds is 12. The van der Waals surface area contributed by atoms with E-state index in [2.05, 4.69) is 66.8 Å². The van der Waals surface area contributed by atoms with Crippen molar-refractivity contribution >= 4 is 5.91 Å². The molecule has 0 fully saturated rings. The lowest BCUT2D eigenvalue weighted by Gasteiger charge is -2.06. The van der Waals surface area contributed by atoms with Gasteiger partial charge in [-0.1, -0.05) is 87.2 Å². The second-order valence-corrected chi connectivity index (χ2v) is 7.03. The normalized spacial score (nSPS) is 10.7. The maximum absolute atomic E-state index is 11.6. The molecule has 0 saturated heterocycles. The number of benzene rings is 2. The van der Waals surface area contributed by atoms with Crippen molar-refractivity contribution in [3.63, 3.8) is 0 Å². The van der Waals surface area contributed by atoms with Gasteiger partial charge in [-0.15, -0.1) is 0 Å². The summed E-state index contributed by atoms with van der Waals surface area (Å²) < 4.78 is 0. The molecule has 0 bridgehead atoms. The fourth-order valence-corrected chi connectivity index (χ4v) is 3.13. The summed E-state index contributed by atoms with van der Waals surface area (Å²) in [5.74, 6) is 0.219. The van der Waals surface area contributed by atoms with Crippen molar-refractivity contribution in [3.05, 3.63) is 60.2 Å². The average molecular weight is 352 g/mol. The predicted octanol–water partition coefficient (Wildman–Crippen LogP) is 6.15. The van der Waals surface area contributed by atoms with Crippen LogP contribution in [-0.2, 0) is 11.2 Å². The molecule has 2 aromatic carbocycles. The molecule has 1 amide bonds. The fraction of sp³-hybridized carbons (Fsp3) is 0.458. The smallest absolute Gasteiger partial charge is 0.219 e. The molecule has 2 aromatic rings. The van der Waals surface area contributed by atoms with Crippen molar-refractivity contribution in [2.75, 3.05) is 6.54 Å². The number of amides is 1.